The van der Waals surface area contributed by atoms with Crippen molar-refractivity contribution >= 4 is 23.4 Å². The maximum atomic E-state index is 13.5. The second kappa shape index (κ2) is 4.58. The molecule has 0 amide bonds. The van der Waals surface area contributed by atoms with Crippen molar-refractivity contribution in [1.82, 2.24) is 9.97 Å². The quantitative estimate of drug-likeness (QED) is 0.660. The lowest BCUT2D eigenvalue weighted by Gasteiger charge is -1.99. The minimum Gasteiger partial charge on any atom is -0.475 e. The molecule has 1 aromatic carbocycles. The van der Waals surface area contributed by atoms with Gasteiger partial charge in [0.15, 0.2) is 0 Å². The molecule has 7 heteroatoms. The number of aromatic amines is 1. The van der Waals surface area contributed by atoms with Crippen LogP contribution in [-0.4, -0.2) is 26.8 Å². The van der Waals surface area contributed by atoms with Gasteiger partial charge in [-0.05, 0) is 18.2 Å². The molecule has 2 N–H and O–H groups in total. The zero-order chi connectivity index (χ0) is 13.3. The second-order valence-corrected chi connectivity index (χ2v) is 3.84. The van der Waals surface area contributed by atoms with E-state index < -0.39 is 17.6 Å². The molecule has 5 nitrogen and oxygen atoms in total. The number of carbonyl (C=O) groups excluding carboxylic acids is 1. The van der Waals surface area contributed by atoms with E-state index in [4.69, 9.17) is 16.7 Å². The fourth-order valence-electron chi connectivity index (χ4n) is 1.37. The van der Waals surface area contributed by atoms with E-state index in [1.165, 1.54) is 12.1 Å². The Morgan fingerprint density at radius 1 is 1.39 bits per heavy atom. The van der Waals surface area contributed by atoms with Gasteiger partial charge in [0, 0.05) is 5.02 Å². The number of H-pyrrole nitrogens is 1. The van der Waals surface area contributed by atoms with E-state index in [9.17, 15) is 14.0 Å². The first kappa shape index (κ1) is 12.3. The number of hydrogen-bond donors (Lipinski definition) is 2. The van der Waals surface area contributed by atoms with Gasteiger partial charge in [-0.25, -0.2) is 14.2 Å². The van der Waals surface area contributed by atoms with E-state index in [2.05, 4.69) is 9.97 Å². The average molecular weight is 269 g/mol. The van der Waals surface area contributed by atoms with Crippen molar-refractivity contribution in [2.75, 3.05) is 0 Å². The van der Waals surface area contributed by atoms with Crippen molar-refractivity contribution in [3.8, 4) is 11.4 Å². The summed E-state index contributed by atoms with van der Waals surface area (Å²) >= 11 is 5.72. The maximum absolute atomic E-state index is 13.5. The summed E-state index contributed by atoms with van der Waals surface area (Å²) in [4.78, 5) is 27.8. The van der Waals surface area contributed by atoms with Crippen molar-refractivity contribution in [3.63, 3.8) is 0 Å². The van der Waals surface area contributed by atoms with Crippen LogP contribution in [0.15, 0.2) is 24.4 Å². The Labute approximate surface area is 105 Å². The Morgan fingerprint density at radius 2 is 2.11 bits per heavy atom. The monoisotopic (exact) mass is 268 g/mol. The largest absolute Gasteiger partial charge is 0.475 e. The molecule has 0 aliphatic rings. The van der Waals surface area contributed by atoms with Crippen molar-refractivity contribution in [3.05, 3.63) is 40.9 Å². The van der Waals surface area contributed by atoms with Gasteiger partial charge in [0.1, 0.15) is 17.3 Å². The van der Waals surface area contributed by atoms with Gasteiger partial charge < -0.3 is 10.1 Å². The molecule has 0 saturated heterocycles. The summed E-state index contributed by atoms with van der Waals surface area (Å²) in [6.07, 6.45) is 1.03. The van der Waals surface area contributed by atoms with Crippen molar-refractivity contribution in [1.29, 1.82) is 0 Å². The molecule has 18 heavy (non-hydrogen) atoms. The number of benzene rings is 1. The lowest BCUT2D eigenvalue weighted by Crippen LogP contribution is -2.12. The Hall–Kier alpha value is -2.21. The van der Waals surface area contributed by atoms with Crippen LogP contribution in [-0.2, 0) is 4.79 Å². The zero-order valence-corrected chi connectivity index (χ0v) is 9.53. The van der Waals surface area contributed by atoms with Gasteiger partial charge in [-0.15, -0.1) is 0 Å². The minimum absolute atomic E-state index is 0.0413. The summed E-state index contributed by atoms with van der Waals surface area (Å²) in [6, 6.07) is 3.84. The van der Waals surface area contributed by atoms with Crippen LogP contribution in [0.3, 0.4) is 0 Å². The van der Waals surface area contributed by atoms with Crippen molar-refractivity contribution < 1.29 is 19.1 Å². The summed E-state index contributed by atoms with van der Waals surface area (Å²) in [7, 11) is 0. The summed E-state index contributed by atoms with van der Waals surface area (Å²) in [6.45, 7) is 0. The van der Waals surface area contributed by atoms with Gasteiger partial charge >= 0.3 is 5.97 Å². The third-order valence-corrected chi connectivity index (χ3v) is 2.43. The molecule has 92 valence electrons. The fraction of sp³-hybridized carbons (Fsp3) is 0. The van der Waals surface area contributed by atoms with E-state index >= 15 is 0 Å². The van der Waals surface area contributed by atoms with Gasteiger partial charge in [0.25, 0.3) is 5.78 Å². The summed E-state index contributed by atoms with van der Waals surface area (Å²) < 4.78 is 13.5. The molecule has 0 bridgehead atoms. The maximum Gasteiger partial charge on any atom is 0.378 e. The first-order chi connectivity index (χ1) is 8.49. The highest BCUT2D eigenvalue weighted by molar-refractivity contribution is 6.39. The number of rotatable bonds is 3. The van der Waals surface area contributed by atoms with Crippen LogP contribution in [0.2, 0.25) is 5.02 Å². The van der Waals surface area contributed by atoms with Crippen LogP contribution in [0, 0.1) is 5.82 Å². The minimum atomic E-state index is -1.61. The van der Waals surface area contributed by atoms with Crippen molar-refractivity contribution in [2.24, 2.45) is 0 Å². The van der Waals surface area contributed by atoms with Crippen LogP contribution in [0.5, 0.6) is 0 Å². The molecule has 0 saturated carbocycles. The molecule has 2 rings (SSSR count). The topological polar surface area (TPSA) is 83.0 Å². The van der Waals surface area contributed by atoms with Gasteiger partial charge in [-0.2, -0.15) is 0 Å². The highest BCUT2D eigenvalue weighted by atomic mass is 35.5. The molecular formula is C11H6ClFN2O3. The molecule has 0 radical (unpaired) electrons. The number of halogens is 2. The molecule has 0 aliphatic heterocycles. The number of Topliss-reactive ketones (excluding diaryl/α,β-unsaturated/α-hetero) is 1. The van der Waals surface area contributed by atoms with Crippen LogP contribution < -0.4 is 0 Å². The Morgan fingerprint density at radius 3 is 2.78 bits per heavy atom. The van der Waals surface area contributed by atoms with E-state index in [1.54, 1.807) is 0 Å². The van der Waals surface area contributed by atoms with Crippen LogP contribution >= 0.6 is 11.6 Å². The first-order valence-electron chi connectivity index (χ1n) is 4.77. The third kappa shape index (κ3) is 2.23. The van der Waals surface area contributed by atoms with Crippen LogP contribution in [0.25, 0.3) is 11.4 Å². The van der Waals surface area contributed by atoms with E-state index in [1.807, 2.05) is 0 Å². The van der Waals surface area contributed by atoms with Crippen LogP contribution in [0.1, 0.15) is 10.5 Å². The van der Waals surface area contributed by atoms with E-state index in [-0.39, 0.29) is 17.1 Å². The van der Waals surface area contributed by atoms with Gasteiger partial charge in [-0.1, -0.05) is 11.6 Å². The molecule has 0 fully saturated rings. The number of hydrogen-bond acceptors (Lipinski definition) is 3. The number of aliphatic carboxylic acids is 1. The summed E-state index contributed by atoms with van der Waals surface area (Å²) in [5.74, 6) is -3.30. The van der Waals surface area contributed by atoms with Crippen LogP contribution in [0.4, 0.5) is 4.39 Å². The molecule has 1 heterocycles. The zero-order valence-electron chi connectivity index (χ0n) is 8.78. The molecule has 0 spiro atoms. The molecule has 1 aromatic heterocycles. The highest BCUT2D eigenvalue weighted by Gasteiger charge is 2.18. The normalized spacial score (nSPS) is 10.3. The fourth-order valence-corrected chi connectivity index (χ4v) is 1.54. The number of nitrogens with zero attached hydrogens (tertiary/aromatic N) is 1. The average Bonchev–Trinajstić information content (AvgIpc) is 2.80. The summed E-state index contributed by atoms with van der Waals surface area (Å²) in [5.41, 5.74) is -0.163. The predicted octanol–water partition coefficient (Wildman–Crippen LogP) is 2.14. The smallest absolute Gasteiger partial charge is 0.378 e. The molecule has 0 aliphatic carbocycles. The number of imidazole rings is 1. The van der Waals surface area contributed by atoms with Gasteiger partial charge in [0.2, 0.25) is 0 Å². The lowest BCUT2D eigenvalue weighted by molar-refractivity contribution is -0.131. The van der Waals surface area contributed by atoms with Gasteiger partial charge in [-0.3, -0.25) is 4.79 Å². The number of nitrogens with one attached hydrogen (secondary N) is 1. The molecular weight excluding hydrogens is 263 g/mol. The Kier molecular flexibility index (Phi) is 3.12. The Bertz CT molecular complexity index is 639. The van der Waals surface area contributed by atoms with E-state index in [0.717, 1.165) is 12.3 Å². The van der Waals surface area contributed by atoms with Crippen molar-refractivity contribution in [2.45, 2.75) is 0 Å². The Balaban J connectivity index is 2.44. The first-order valence-corrected chi connectivity index (χ1v) is 5.15. The molecule has 2 aromatic rings. The van der Waals surface area contributed by atoms with Gasteiger partial charge in [0.05, 0.1) is 11.8 Å². The number of aromatic nitrogens is 2. The number of carboxylic acid groups (broad SMARTS) is 1. The standard InChI is InChI=1S/C11H6ClFN2O3/c12-5-1-2-7(13)6(3-5)10-14-4-8(15-10)9(16)11(17)18/h1-4H,(H,14,15)(H,17,18). The number of ketones is 1. The predicted molar refractivity (Wildman–Crippen MR) is 61.0 cm³/mol. The molecule has 0 unspecified atom stereocenters. The summed E-state index contributed by atoms with van der Waals surface area (Å²) in [5, 5.41) is 8.82. The SMILES string of the molecule is O=C(O)C(=O)c1cnc(-c2cc(Cl)ccc2F)[nH]1. The third-order valence-electron chi connectivity index (χ3n) is 2.20. The highest BCUT2D eigenvalue weighted by Crippen LogP contribution is 2.23. The lowest BCUT2D eigenvalue weighted by atomic mass is 10.2. The molecule has 0 atom stereocenters. The number of carboxylic acids is 1. The number of carbonyl (C=O) groups is 2. The van der Waals surface area contributed by atoms with E-state index in [0.29, 0.717) is 5.02 Å². The second-order valence-electron chi connectivity index (χ2n) is 3.40.